The normalized spacial score (nSPS) is 10.5. The molecule has 14 heavy (non-hydrogen) atoms. The number of nitrogens with zero attached hydrogens (tertiary/aromatic N) is 1. The van der Waals surface area contributed by atoms with Gasteiger partial charge in [-0.15, -0.1) is 11.3 Å². The minimum atomic E-state index is 1.05. The van der Waals surface area contributed by atoms with Crippen LogP contribution in [-0.2, 0) is 0 Å². The van der Waals surface area contributed by atoms with Crippen molar-refractivity contribution in [3.05, 3.63) is 38.6 Å². The summed E-state index contributed by atoms with van der Waals surface area (Å²) in [5.41, 5.74) is 6.68. The fourth-order valence-corrected chi connectivity index (χ4v) is 2.58. The van der Waals surface area contributed by atoms with Gasteiger partial charge in [0.2, 0.25) is 0 Å². The molecule has 0 saturated carbocycles. The number of halogens is 1. The Balaban J connectivity index is 2.58. The van der Waals surface area contributed by atoms with E-state index in [1.807, 2.05) is 5.51 Å². The van der Waals surface area contributed by atoms with Gasteiger partial charge in [-0.05, 0) is 35.3 Å². The van der Waals surface area contributed by atoms with Crippen LogP contribution in [-0.4, -0.2) is 4.98 Å². The van der Waals surface area contributed by atoms with Crippen LogP contribution in [0.15, 0.2) is 27.5 Å². The Morgan fingerprint density at radius 1 is 1.29 bits per heavy atom. The summed E-state index contributed by atoms with van der Waals surface area (Å²) in [6.07, 6.45) is 0. The van der Waals surface area contributed by atoms with E-state index in [1.165, 1.54) is 16.7 Å². The van der Waals surface area contributed by atoms with Gasteiger partial charge in [-0.3, -0.25) is 0 Å². The highest BCUT2D eigenvalue weighted by Gasteiger charge is 2.08. The average molecular weight is 268 g/mol. The molecule has 1 heterocycles. The van der Waals surface area contributed by atoms with Crippen molar-refractivity contribution in [3.63, 3.8) is 0 Å². The summed E-state index contributed by atoms with van der Waals surface area (Å²) in [4.78, 5) is 4.35. The van der Waals surface area contributed by atoms with Gasteiger partial charge in [0.1, 0.15) is 0 Å². The van der Waals surface area contributed by atoms with Crippen molar-refractivity contribution in [1.29, 1.82) is 0 Å². The van der Waals surface area contributed by atoms with Gasteiger partial charge >= 0.3 is 0 Å². The van der Waals surface area contributed by atoms with Crippen LogP contribution in [0.5, 0.6) is 0 Å². The van der Waals surface area contributed by atoms with E-state index in [0.29, 0.717) is 0 Å². The molecule has 0 aliphatic rings. The first kappa shape index (κ1) is 9.87. The molecule has 0 bridgehead atoms. The molecule has 1 aromatic carbocycles. The zero-order valence-electron chi connectivity index (χ0n) is 8.04. The number of rotatable bonds is 1. The molecule has 72 valence electrons. The van der Waals surface area contributed by atoms with E-state index < -0.39 is 0 Å². The molecule has 3 heteroatoms. The molecule has 0 fully saturated rings. The lowest BCUT2D eigenvalue weighted by Gasteiger charge is -2.04. The third kappa shape index (κ3) is 1.74. The maximum absolute atomic E-state index is 4.35. The van der Waals surface area contributed by atoms with Gasteiger partial charge in [0.25, 0.3) is 0 Å². The van der Waals surface area contributed by atoms with Crippen LogP contribution < -0.4 is 0 Å². The second kappa shape index (κ2) is 3.83. The van der Waals surface area contributed by atoms with E-state index in [4.69, 9.17) is 0 Å². The van der Waals surface area contributed by atoms with E-state index in [0.717, 1.165) is 9.48 Å². The number of hydrogen-bond acceptors (Lipinski definition) is 2. The Labute approximate surface area is 95.9 Å². The van der Waals surface area contributed by atoms with E-state index in [-0.39, 0.29) is 0 Å². The van der Waals surface area contributed by atoms with Gasteiger partial charge in [0, 0.05) is 5.56 Å². The lowest BCUT2D eigenvalue weighted by molar-refractivity contribution is 1.33. The summed E-state index contributed by atoms with van der Waals surface area (Å²) in [6.45, 7) is 4.22. The number of aryl methyl sites for hydroxylation is 2. The molecule has 0 radical (unpaired) electrons. The highest BCUT2D eigenvalue weighted by atomic mass is 79.9. The molecule has 0 N–H and O–H groups in total. The lowest BCUT2D eigenvalue weighted by Crippen LogP contribution is -1.85. The van der Waals surface area contributed by atoms with Crippen LogP contribution in [0.2, 0.25) is 0 Å². The molecule has 0 spiro atoms. The van der Waals surface area contributed by atoms with Crippen molar-refractivity contribution >= 4 is 27.3 Å². The fraction of sp³-hybridized carbons (Fsp3) is 0.182. The van der Waals surface area contributed by atoms with Gasteiger partial charge in [0.15, 0.2) is 0 Å². The standard InChI is InChI=1S/C11H10BrNS/c1-7-3-4-9(8(2)5-7)10-11(12)14-6-13-10/h3-6H,1-2H3. The van der Waals surface area contributed by atoms with Crippen LogP contribution in [0.4, 0.5) is 0 Å². The van der Waals surface area contributed by atoms with E-state index in [2.05, 4.69) is 53.0 Å². The molecule has 0 aliphatic carbocycles. The van der Waals surface area contributed by atoms with E-state index >= 15 is 0 Å². The number of thiazole rings is 1. The highest BCUT2D eigenvalue weighted by Crippen LogP contribution is 2.32. The zero-order chi connectivity index (χ0) is 10.1. The van der Waals surface area contributed by atoms with Gasteiger partial charge in [-0.2, -0.15) is 0 Å². The van der Waals surface area contributed by atoms with Gasteiger partial charge in [0.05, 0.1) is 15.0 Å². The lowest BCUT2D eigenvalue weighted by atomic mass is 10.0. The molecule has 2 aromatic rings. The Kier molecular flexibility index (Phi) is 2.70. The maximum atomic E-state index is 4.35. The van der Waals surface area contributed by atoms with Gasteiger partial charge < -0.3 is 0 Å². The SMILES string of the molecule is Cc1ccc(-c2ncsc2Br)c(C)c1. The quantitative estimate of drug-likeness (QED) is 0.755. The highest BCUT2D eigenvalue weighted by molar-refractivity contribution is 9.11. The molecule has 1 nitrogen and oxygen atoms in total. The Morgan fingerprint density at radius 3 is 2.64 bits per heavy atom. The monoisotopic (exact) mass is 267 g/mol. The van der Waals surface area contributed by atoms with Crippen molar-refractivity contribution in [2.45, 2.75) is 13.8 Å². The fourth-order valence-electron chi connectivity index (χ4n) is 1.49. The number of benzene rings is 1. The summed E-state index contributed by atoms with van der Waals surface area (Å²) >= 11 is 5.13. The first-order chi connectivity index (χ1) is 6.68. The predicted octanol–water partition coefficient (Wildman–Crippen LogP) is 4.19. The third-order valence-corrected chi connectivity index (χ3v) is 3.71. The second-order valence-electron chi connectivity index (χ2n) is 3.29. The maximum Gasteiger partial charge on any atom is 0.0976 e. The topological polar surface area (TPSA) is 12.9 Å². The smallest absolute Gasteiger partial charge is 0.0976 e. The Morgan fingerprint density at radius 2 is 2.07 bits per heavy atom. The summed E-state index contributed by atoms with van der Waals surface area (Å²) < 4.78 is 1.10. The molecular formula is C11H10BrNS. The predicted molar refractivity (Wildman–Crippen MR) is 64.7 cm³/mol. The molecule has 0 saturated heterocycles. The minimum Gasteiger partial charge on any atom is -0.243 e. The van der Waals surface area contributed by atoms with Crippen LogP contribution in [0.3, 0.4) is 0 Å². The average Bonchev–Trinajstić information content (AvgIpc) is 2.52. The molecule has 0 amide bonds. The van der Waals surface area contributed by atoms with E-state index in [1.54, 1.807) is 11.3 Å². The van der Waals surface area contributed by atoms with Crippen LogP contribution in [0.25, 0.3) is 11.3 Å². The van der Waals surface area contributed by atoms with Crippen molar-refractivity contribution < 1.29 is 0 Å². The number of hydrogen-bond donors (Lipinski definition) is 0. The molecule has 0 atom stereocenters. The summed E-state index contributed by atoms with van der Waals surface area (Å²) in [6, 6.07) is 6.43. The van der Waals surface area contributed by atoms with E-state index in [9.17, 15) is 0 Å². The molecule has 1 aromatic heterocycles. The summed E-state index contributed by atoms with van der Waals surface area (Å²) in [5, 5.41) is 0. The Hall–Kier alpha value is -0.670. The first-order valence-electron chi connectivity index (χ1n) is 4.35. The number of aromatic nitrogens is 1. The molecule has 2 rings (SSSR count). The van der Waals surface area contributed by atoms with Gasteiger partial charge in [-0.1, -0.05) is 23.8 Å². The summed E-state index contributed by atoms with van der Waals surface area (Å²) in [5.74, 6) is 0. The van der Waals surface area contributed by atoms with Gasteiger partial charge in [-0.25, -0.2) is 4.98 Å². The van der Waals surface area contributed by atoms with Crippen LogP contribution in [0, 0.1) is 13.8 Å². The van der Waals surface area contributed by atoms with Crippen molar-refractivity contribution in [1.82, 2.24) is 4.98 Å². The summed E-state index contributed by atoms with van der Waals surface area (Å²) in [7, 11) is 0. The Bertz CT molecular complexity index is 462. The molecule has 0 unspecified atom stereocenters. The van der Waals surface area contributed by atoms with Crippen LogP contribution >= 0.6 is 27.3 Å². The third-order valence-electron chi connectivity index (χ3n) is 2.16. The van der Waals surface area contributed by atoms with Crippen molar-refractivity contribution in [2.24, 2.45) is 0 Å². The van der Waals surface area contributed by atoms with Crippen molar-refractivity contribution in [3.8, 4) is 11.3 Å². The minimum absolute atomic E-state index is 1.05. The largest absolute Gasteiger partial charge is 0.243 e. The zero-order valence-corrected chi connectivity index (χ0v) is 10.4. The molecular weight excluding hydrogens is 258 g/mol. The van der Waals surface area contributed by atoms with Crippen molar-refractivity contribution in [2.75, 3.05) is 0 Å². The molecule has 0 aliphatic heterocycles. The second-order valence-corrected chi connectivity index (χ2v) is 5.47. The van der Waals surface area contributed by atoms with Crippen LogP contribution in [0.1, 0.15) is 11.1 Å². The first-order valence-corrected chi connectivity index (χ1v) is 6.02.